The normalized spacial score (nSPS) is 27.2. The number of nitrogens with two attached hydrogens (primary N) is 1. The standard InChI is InChI=1S/C89H136N12O21/c1-59-21-14-13-15-22-60(2)75(109-10)54-69-27-24-65(7)89(108,122-69)83(105)86(106)100-32-18-16-23-71(100)87(107)120-76(55-72(102)61(3)50-64(6)81(104)82(111-12)80(103)63(5)49-59)62(4)51-66-25-28-74(77(52-66)110-11)119-48-47-118-57-68-56-99(97-95-68)34-36-113-38-40-115-42-44-117-46-45-116-43-41-114-39-37-112-35-20-31-91-30-17-19-33-101-85-78(84(98(8)9)92-58-93-85)79(96-101)67-26-29-73-70(53-67)94-88(90)121-73/h13-15,21-22,26,29,50,53,56,58-59,61-63,65-66,69,71,74-77,81-82,91,104,108H,16-20,23-25,27-28,30-49,51-52,54-55,57H2,1-12H3,(H2,90,94)/b15-13+,21-14+,60-22+,64-50+/t59-,61-,62-,63-,65-,66+,69+,71+,74-,75+,76+,77-,81-,82+,89-/m1/s1. The van der Waals surface area contributed by atoms with Crippen LogP contribution in [0.3, 0.4) is 0 Å². The monoisotopic (exact) mass is 1710 g/mol. The number of rotatable bonds is 41. The van der Waals surface area contributed by atoms with Gasteiger partial charge in [-0.15, -0.1) is 5.10 Å². The molecule has 1 amide bonds. The summed E-state index contributed by atoms with van der Waals surface area (Å²) in [7, 11) is 8.54. The fourth-order valence-corrected chi connectivity index (χ4v) is 16.3. The summed E-state index contributed by atoms with van der Waals surface area (Å²) in [6.07, 6.45) is 17.7. The zero-order chi connectivity index (χ0) is 87.5. The van der Waals surface area contributed by atoms with Crippen molar-refractivity contribution in [3.8, 4) is 11.3 Å². The number of aliphatic hydroxyl groups is 2. The van der Waals surface area contributed by atoms with Gasteiger partial charge in [0.25, 0.3) is 17.7 Å². The molecule has 5 aromatic rings. The molecule has 5 N–H and O–H groups in total. The molecule has 3 fully saturated rings. The van der Waals surface area contributed by atoms with E-state index in [1.54, 1.807) is 52.1 Å². The molecule has 0 radical (unpaired) electrons. The molecule has 2 bridgehead atoms. The first-order valence-corrected chi connectivity index (χ1v) is 43.7. The van der Waals surface area contributed by atoms with Gasteiger partial charge in [0.1, 0.15) is 59.2 Å². The minimum atomic E-state index is -2.46. The van der Waals surface area contributed by atoms with Gasteiger partial charge in [0.05, 0.1) is 135 Å². The number of methoxy groups -OCH3 is 3. The third kappa shape index (κ3) is 29.5. The second-order valence-corrected chi connectivity index (χ2v) is 33.0. The Bertz CT molecular complexity index is 4170. The van der Waals surface area contributed by atoms with Crippen molar-refractivity contribution >= 4 is 63.2 Å². The number of carbonyl (C=O) groups is 5. The number of oxazole rings is 1. The summed E-state index contributed by atoms with van der Waals surface area (Å²) in [4.78, 5) is 88.9. The van der Waals surface area contributed by atoms with Gasteiger partial charge in [0.2, 0.25) is 5.79 Å². The molecule has 7 heterocycles. The summed E-state index contributed by atoms with van der Waals surface area (Å²) >= 11 is 0. The Kier molecular flexibility index (Phi) is 41.0. The number of ketones is 3. The van der Waals surface area contributed by atoms with Gasteiger partial charge in [0.15, 0.2) is 17.0 Å². The van der Waals surface area contributed by atoms with E-state index in [0.717, 1.165) is 72.5 Å². The zero-order valence-corrected chi connectivity index (χ0v) is 73.9. The number of esters is 1. The number of carbonyl (C=O) groups excluding carboxylic acids is 5. The Morgan fingerprint density at radius 1 is 0.738 bits per heavy atom. The second-order valence-electron chi connectivity index (χ2n) is 33.0. The number of hydrogen-bond donors (Lipinski definition) is 4. The Balaban J connectivity index is 0.616. The van der Waals surface area contributed by atoms with Gasteiger partial charge in [-0.2, -0.15) is 10.1 Å². The lowest BCUT2D eigenvalue weighted by Crippen LogP contribution is -2.61. The third-order valence-electron chi connectivity index (χ3n) is 23.4. The molecule has 0 unspecified atom stereocenters. The van der Waals surface area contributed by atoms with Crippen LogP contribution in [0.15, 0.2) is 82.7 Å². The second kappa shape index (κ2) is 51.0. The molecule has 3 aliphatic heterocycles. The molecule has 1 saturated carbocycles. The van der Waals surface area contributed by atoms with Crippen LogP contribution in [0, 0.1) is 35.5 Å². The Morgan fingerprint density at radius 2 is 1.44 bits per heavy atom. The van der Waals surface area contributed by atoms with Crippen LogP contribution in [-0.4, -0.2) is 286 Å². The van der Waals surface area contributed by atoms with E-state index in [4.69, 9.17) is 76.8 Å². The number of cyclic esters (lactones) is 1. The fourth-order valence-electron chi connectivity index (χ4n) is 16.3. The van der Waals surface area contributed by atoms with Gasteiger partial charge in [-0.1, -0.05) is 76.3 Å². The van der Waals surface area contributed by atoms with Crippen LogP contribution in [-0.2, 0) is 105 Å². The van der Waals surface area contributed by atoms with Gasteiger partial charge < -0.3 is 97.1 Å². The van der Waals surface area contributed by atoms with Crippen molar-refractivity contribution in [3.05, 3.63) is 84.0 Å². The van der Waals surface area contributed by atoms with E-state index in [9.17, 15) is 34.2 Å². The van der Waals surface area contributed by atoms with E-state index in [-0.39, 0.29) is 73.5 Å². The van der Waals surface area contributed by atoms with Crippen LogP contribution in [0.4, 0.5) is 11.8 Å². The number of Topliss-reactive ketones (excluding diaryl/α,β-unsaturated/α-hetero) is 3. The van der Waals surface area contributed by atoms with Gasteiger partial charge in [-0.05, 0) is 158 Å². The fraction of sp³-hybridized carbons (Fsp3) is 0.697. The highest BCUT2D eigenvalue weighted by atomic mass is 16.6. The molecule has 4 aliphatic rings. The number of nitrogens with one attached hydrogen (secondary N) is 1. The number of aliphatic hydroxyl groups excluding tert-OH is 1. The maximum atomic E-state index is 14.8. The first-order chi connectivity index (χ1) is 58.9. The number of aryl methyl sites for hydroxylation is 1. The molecule has 1 aromatic carbocycles. The number of benzene rings is 1. The molecular formula is C89H136N12O21. The summed E-state index contributed by atoms with van der Waals surface area (Å²) in [5.41, 5.74) is 11.5. The number of hydrogen-bond acceptors (Lipinski definition) is 30. The van der Waals surface area contributed by atoms with Crippen LogP contribution < -0.4 is 16.0 Å². The third-order valence-corrected chi connectivity index (χ3v) is 23.4. The molecule has 9 rings (SSSR count). The number of nitrogens with zero attached hydrogens (tertiary/aromatic N) is 10. The molecule has 0 spiro atoms. The molecule has 15 atom stereocenters. The van der Waals surface area contributed by atoms with Gasteiger partial charge in [0, 0.05) is 91.3 Å². The molecule has 4 aromatic heterocycles. The molecule has 678 valence electrons. The van der Waals surface area contributed by atoms with E-state index < -0.39 is 77.8 Å². The lowest BCUT2D eigenvalue weighted by molar-refractivity contribution is -0.265. The molecular weight excluding hydrogens is 1570 g/mol. The van der Waals surface area contributed by atoms with E-state index >= 15 is 0 Å². The molecule has 2 saturated heterocycles. The Labute approximate surface area is 718 Å². The molecule has 122 heavy (non-hydrogen) atoms. The van der Waals surface area contributed by atoms with Crippen molar-refractivity contribution in [2.24, 2.45) is 35.5 Å². The number of anilines is 2. The summed E-state index contributed by atoms with van der Waals surface area (Å²) in [6.45, 7) is 22.2. The summed E-state index contributed by atoms with van der Waals surface area (Å²) < 4.78 is 85.9. The maximum absolute atomic E-state index is 14.8. The van der Waals surface area contributed by atoms with Crippen molar-refractivity contribution in [1.29, 1.82) is 0 Å². The first-order valence-electron chi connectivity index (χ1n) is 43.7. The first kappa shape index (κ1) is 98.1. The lowest BCUT2D eigenvalue weighted by Gasteiger charge is -2.42. The van der Waals surface area contributed by atoms with Crippen molar-refractivity contribution in [3.63, 3.8) is 0 Å². The van der Waals surface area contributed by atoms with E-state index in [1.165, 1.54) is 12.0 Å². The number of aromatic nitrogens is 8. The number of allylic oxidation sites excluding steroid dienone is 6. The minimum absolute atomic E-state index is 0.00616. The highest BCUT2D eigenvalue weighted by Gasteiger charge is 2.53. The van der Waals surface area contributed by atoms with Crippen molar-refractivity contribution in [1.82, 2.24) is 49.9 Å². The number of fused-ring (bicyclic) bond motifs is 5. The number of amides is 1. The summed E-state index contributed by atoms with van der Waals surface area (Å²) in [5, 5.41) is 41.7. The zero-order valence-electron chi connectivity index (χ0n) is 73.9. The van der Waals surface area contributed by atoms with Crippen molar-refractivity contribution in [2.45, 2.75) is 219 Å². The van der Waals surface area contributed by atoms with E-state index in [1.807, 2.05) is 106 Å². The predicted molar refractivity (Wildman–Crippen MR) is 457 cm³/mol. The molecule has 1 aliphatic carbocycles. The average Bonchev–Trinajstić information content (AvgIpc) is 1.58. The van der Waals surface area contributed by atoms with E-state index in [0.29, 0.717) is 186 Å². The van der Waals surface area contributed by atoms with Crippen molar-refractivity contribution in [2.75, 3.05) is 158 Å². The van der Waals surface area contributed by atoms with Crippen LogP contribution in [0.1, 0.15) is 150 Å². The topological polar surface area (TPSA) is 391 Å². The Hall–Kier alpha value is -7.71. The van der Waals surface area contributed by atoms with Crippen LogP contribution in [0.2, 0.25) is 0 Å². The smallest absolute Gasteiger partial charge is 0.329 e. The summed E-state index contributed by atoms with van der Waals surface area (Å²) in [5.74, 6) is -7.47. The average molecular weight is 1710 g/mol. The van der Waals surface area contributed by atoms with Crippen molar-refractivity contribution < 1.29 is 100 Å². The maximum Gasteiger partial charge on any atom is 0.329 e. The molecule has 33 nitrogen and oxygen atoms in total. The van der Waals surface area contributed by atoms with Gasteiger partial charge in [-0.3, -0.25) is 19.2 Å². The van der Waals surface area contributed by atoms with Crippen LogP contribution >= 0.6 is 0 Å². The SMILES string of the molecule is CO[C@H]1C[C@@H]2CC[C@@H](C)[C@@](O)(O2)C(=O)C(=O)N2CCCC[C@H]2C(=O)O[C@H]([C@H](C)C[C@@H]2CC[C@@H](OCCOCc3cn(CCOCCOCCOCCOCCOCCOCCCNCCCCn4nc(-c5ccc6oc(N)nc6c5)c5c(N(C)C)ncnc54)nn3)[C@H](OC)C2)CC(=O)[C@H](C)/C=C(\C)[C@@H](O)[C@@H](OC)C(=O)[C@H](C)C[C@H](C)/C=C/C=C/C=C/1C. The number of nitrogen functional groups attached to an aromatic ring is 1. The number of piperidine rings is 1. The van der Waals surface area contributed by atoms with Gasteiger partial charge >= 0.3 is 5.97 Å². The van der Waals surface area contributed by atoms with Crippen LogP contribution in [0.5, 0.6) is 0 Å². The van der Waals surface area contributed by atoms with Crippen LogP contribution in [0.25, 0.3) is 33.4 Å². The summed E-state index contributed by atoms with van der Waals surface area (Å²) in [6, 6.07) is 4.69. The quantitative estimate of drug-likeness (QED) is 0.0122. The predicted octanol–water partition coefficient (Wildman–Crippen LogP) is 9.17. The molecule has 33 heteroatoms. The highest BCUT2D eigenvalue weighted by molar-refractivity contribution is 6.39. The van der Waals surface area contributed by atoms with Gasteiger partial charge in [-0.25, -0.2) is 24.1 Å². The largest absolute Gasteiger partial charge is 0.460 e. The van der Waals surface area contributed by atoms with E-state index in [2.05, 4.69) is 30.6 Å². The number of ether oxygens (including phenoxy) is 13. The Morgan fingerprint density at radius 3 is 2.15 bits per heavy atom. The minimum Gasteiger partial charge on any atom is -0.460 e. The number of unbranched alkanes of at least 4 members (excludes halogenated alkanes) is 1. The lowest BCUT2D eigenvalue weighted by atomic mass is 9.78. The highest BCUT2D eigenvalue weighted by Crippen LogP contribution is 2.40.